The Morgan fingerprint density at radius 2 is 2.25 bits per heavy atom. The summed E-state index contributed by atoms with van der Waals surface area (Å²) >= 11 is 8.67. The minimum absolute atomic E-state index is 0.154. The first-order valence-electron chi connectivity index (χ1n) is 6.61. The molecule has 1 aromatic heterocycles. The lowest BCUT2D eigenvalue weighted by atomic mass is 9.93. The van der Waals surface area contributed by atoms with Crippen molar-refractivity contribution in [3.8, 4) is 0 Å². The Balaban J connectivity index is 2.13. The predicted octanol–water partition coefficient (Wildman–Crippen LogP) is 4.73. The first-order chi connectivity index (χ1) is 9.37. The molecule has 1 atom stereocenters. The number of benzene rings is 1. The molecule has 20 heavy (non-hydrogen) atoms. The molecule has 0 radical (unpaired) electrons. The van der Waals surface area contributed by atoms with Crippen molar-refractivity contribution >= 4 is 39.2 Å². The number of hydrogen-bond donors (Lipinski definition) is 1. The number of fused-ring (bicyclic) bond motifs is 1. The Morgan fingerprint density at radius 1 is 1.50 bits per heavy atom. The summed E-state index contributed by atoms with van der Waals surface area (Å²) in [5.74, 6) is -0.284. The van der Waals surface area contributed by atoms with Gasteiger partial charge in [0.25, 0.3) is 0 Å². The first-order valence-corrected chi connectivity index (χ1v) is 7.81. The van der Waals surface area contributed by atoms with Crippen LogP contribution in [0.2, 0.25) is 0 Å². The molecule has 6 heteroatoms. The van der Waals surface area contributed by atoms with Crippen molar-refractivity contribution in [3.63, 3.8) is 0 Å². The fourth-order valence-corrected chi connectivity index (χ4v) is 3.59. The van der Waals surface area contributed by atoms with Gasteiger partial charge in [-0.3, -0.25) is 0 Å². The van der Waals surface area contributed by atoms with E-state index >= 15 is 0 Å². The Morgan fingerprint density at radius 3 is 2.95 bits per heavy atom. The summed E-state index contributed by atoms with van der Waals surface area (Å²) in [5.41, 5.74) is 1.52. The topological polar surface area (TPSA) is 29.9 Å². The molecule has 1 fully saturated rings. The van der Waals surface area contributed by atoms with Crippen LogP contribution in [0, 0.1) is 10.6 Å². The van der Waals surface area contributed by atoms with Gasteiger partial charge < -0.3 is 14.3 Å². The molecule has 2 heterocycles. The maximum atomic E-state index is 13.6. The van der Waals surface area contributed by atoms with Crippen LogP contribution < -0.4 is 0 Å². The Kier molecular flexibility index (Phi) is 3.51. The monoisotopic (exact) mass is 358 g/mol. The molecule has 1 unspecified atom stereocenters. The van der Waals surface area contributed by atoms with E-state index in [1.807, 2.05) is 0 Å². The molecule has 1 aromatic carbocycles. The molecule has 0 aliphatic carbocycles. The third-order valence-electron chi connectivity index (χ3n) is 3.79. The highest BCUT2D eigenvalue weighted by atomic mass is 79.9. The smallest absolute Gasteiger partial charge is 0.178 e. The number of rotatable bonds is 1. The van der Waals surface area contributed by atoms with Gasteiger partial charge in [-0.1, -0.05) is 0 Å². The molecule has 0 saturated carbocycles. The highest BCUT2D eigenvalue weighted by molar-refractivity contribution is 9.10. The Hall–Kier alpha value is -0.720. The lowest BCUT2D eigenvalue weighted by molar-refractivity contribution is -0.0687. The molecule has 108 valence electrons. The van der Waals surface area contributed by atoms with Crippen molar-refractivity contribution in [2.24, 2.45) is 0 Å². The second-order valence-corrected chi connectivity index (χ2v) is 7.08. The summed E-state index contributed by atoms with van der Waals surface area (Å²) in [7, 11) is 0. The third-order valence-corrected chi connectivity index (χ3v) is 4.70. The molecule has 0 amide bonds. The number of ether oxygens (including phenoxy) is 1. The van der Waals surface area contributed by atoms with Gasteiger partial charge in [-0.2, -0.15) is 0 Å². The molecule has 1 aliphatic heterocycles. The maximum Gasteiger partial charge on any atom is 0.178 e. The van der Waals surface area contributed by atoms with Crippen molar-refractivity contribution < 1.29 is 9.13 Å². The van der Waals surface area contributed by atoms with E-state index in [1.165, 1.54) is 6.07 Å². The zero-order valence-electron chi connectivity index (χ0n) is 11.4. The minimum Gasteiger partial charge on any atom is -0.375 e. The van der Waals surface area contributed by atoms with E-state index in [9.17, 15) is 4.39 Å². The number of aromatic nitrogens is 2. The quantitative estimate of drug-likeness (QED) is 0.746. The van der Waals surface area contributed by atoms with Crippen LogP contribution in [0.3, 0.4) is 0 Å². The van der Waals surface area contributed by atoms with Crippen molar-refractivity contribution in [2.45, 2.75) is 38.3 Å². The minimum atomic E-state index is -0.284. The molecule has 3 rings (SSSR count). The van der Waals surface area contributed by atoms with Gasteiger partial charge in [0.2, 0.25) is 0 Å². The zero-order valence-corrected chi connectivity index (χ0v) is 13.8. The number of H-pyrrole nitrogens is 1. The van der Waals surface area contributed by atoms with Crippen molar-refractivity contribution in [1.82, 2.24) is 9.55 Å². The standard InChI is InChI=1S/C14H16BrFN2OS/c1-14(2)7-8(3-4-19-14)18-12-5-9(15)10(16)6-11(12)17-13(18)20/h5-6,8H,3-4,7H2,1-2H3,(H,17,20). The van der Waals surface area contributed by atoms with E-state index in [1.54, 1.807) is 6.07 Å². The molecule has 0 spiro atoms. The van der Waals surface area contributed by atoms with Crippen LogP contribution >= 0.6 is 28.1 Å². The number of halogens is 2. The van der Waals surface area contributed by atoms with Crippen LogP contribution in [0.1, 0.15) is 32.7 Å². The molecular weight excluding hydrogens is 343 g/mol. The highest BCUT2D eigenvalue weighted by Crippen LogP contribution is 2.35. The van der Waals surface area contributed by atoms with Crippen molar-refractivity contribution in [1.29, 1.82) is 0 Å². The summed E-state index contributed by atoms with van der Waals surface area (Å²) in [6.07, 6.45) is 1.81. The number of nitrogens with zero attached hydrogens (tertiary/aromatic N) is 1. The lowest BCUT2D eigenvalue weighted by Gasteiger charge is -2.36. The first kappa shape index (κ1) is 14.2. The molecule has 2 aromatic rings. The molecule has 1 saturated heterocycles. The van der Waals surface area contributed by atoms with Crippen molar-refractivity contribution in [3.05, 3.63) is 27.2 Å². The number of aromatic amines is 1. The Bertz CT molecular complexity index is 722. The van der Waals surface area contributed by atoms with E-state index in [-0.39, 0.29) is 17.5 Å². The second-order valence-electron chi connectivity index (χ2n) is 5.84. The van der Waals surface area contributed by atoms with Gasteiger partial charge in [0, 0.05) is 18.7 Å². The van der Waals surface area contributed by atoms with E-state index in [4.69, 9.17) is 17.0 Å². The summed E-state index contributed by atoms with van der Waals surface area (Å²) in [6, 6.07) is 3.55. The maximum absolute atomic E-state index is 13.6. The van der Waals surface area contributed by atoms with Crippen LogP contribution in [0.4, 0.5) is 4.39 Å². The van der Waals surface area contributed by atoms with E-state index in [2.05, 4.69) is 39.3 Å². The second kappa shape index (κ2) is 4.93. The summed E-state index contributed by atoms with van der Waals surface area (Å²) in [4.78, 5) is 3.10. The van der Waals surface area contributed by atoms with Crippen LogP contribution in [-0.2, 0) is 4.74 Å². The molecule has 0 bridgehead atoms. The number of hydrogen-bond acceptors (Lipinski definition) is 2. The van der Waals surface area contributed by atoms with Crippen LogP contribution in [0.25, 0.3) is 11.0 Å². The molecular formula is C14H16BrFN2OS. The normalized spacial score (nSPS) is 22.3. The Labute approximate surface area is 130 Å². The SMILES string of the molecule is CC1(C)CC(n2c(=S)[nH]c3cc(F)c(Br)cc32)CCO1. The fraction of sp³-hybridized carbons (Fsp3) is 0.500. The van der Waals surface area contributed by atoms with Gasteiger partial charge in [0.1, 0.15) is 5.82 Å². The van der Waals surface area contributed by atoms with E-state index in [0.717, 1.165) is 23.9 Å². The summed E-state index contributed by atoms with van der Waals surface area (Å²) in [6.45, 7) is 4.90. The summed E-state index contributed by atoms with van der Waals surface area (Å²) in [5, 5.41) is 0. The van der Waals surface area contributed by atoms with Gasteiger partial charge >= 0.3 is 0 Å². The average molecular weight is 359 g/mol. The molecule has 3 nitrogen and oxygen atoms in total. The fourth-order valence-electron chi connectivity index (χ4n) is 2.90. The predicted molar refractivity (Wildman–Crippen MR) is 83.1 cm³/mol. The van der Waals surface area contributed by atoms with E-state index < -0.39 is 0 Å². The van der Waals surface area contributed by atoms with Gasteiger partial charge in [0.15, 0.2) is 4.77 Å². The summed E-state index contributed by atoms with van der Waals surface area (Å²) < 4.78 is 22.6. The van der Waals surface area contributed by atoms with Gasteiger partial charge in [0.05, 0.1) is 21.1 Å². The molecule has 1 N–H and O–H groups in total. The van der Waals surface area contributed by atoms with Gasteiger partial charge in [-0.25, -0.2) is 4.39 Å². The largest absolute Gasteiger partial charge is 0.375 e. The van der Waals surface area contributed by atoms with Crippen LogP contribution in [0.15, 0.2) is 16.6 Å². The van der Waals surface area contributed by atoms with Gasteiger partial charge in [-0.05, 0) is 60.9 Å². The number of nitrogens with one attached hydrogen (secondary N) is 1. The third kappa shape index (κ3) is 2.44. The van der Waals surface area contributed by atoms with E-state index in [0.29, 0.717) is 15.9 Å². The molecule has 1 aliphatic rings. The van der Waals surface area contributed by atoms with Gasteiger partial charge in [-0.15, -0.1) is 0 Å². The average Bonchev–Trinajstić information content (AvgIpc) is 2.64. The van der Waals surface area contributed by atoms with Crippen LogP contribution in [-0.4, -0.2) is 21.8 Å². The van der Waals surface area contributed by atoms with Crippen LogP contribution in [0.5, 0.6) is 0 Å². The zero-order chi connectivity index (χ0) is 14.5. The number of imidazole rings is 1. The highest BCUT2D eigenvalue weighted by Gasteiger charge is 2.31. The lowest BCUT2D eigenvalue weighted by Crippen LogP contribution is -2.35. The van der Waals surface area contributed by atoms with Crippen molar-refractivity contribution in [2.75, 3.05) is 6.61 Å².